The van der Waals surface area contributed by atoms with Gasteiger partial charge in [-0.15, -0.1) is 0 Å². The third-order valence-electron chi connectivity index (χ3n) is 2.32. The normalized spacial score (nSPS) is 13.5. The van der Waals surface area contributed by atoms with E-state index >= 15 is 0 Å². The van der Waals surface area contributed by atoms with Gasteiger partial charge in [-0.3, -0.25) is 0 Å². The summed E-state index contributed by atoms with van der Waals surface area (Å²) in [7, 11) is 0. The molecule has 0 radical (unpaired) electrons. The van der Waals surface area contributed by atoms with Gasteiger partial charge < -0.3 is 9.47 Å². The summed E-state index contributed by atoms with van der Waals surface area (Å²) in [6, 6.07) is 10.1. The van der Waals surface area contributed by atoms with Gasteiger partial charge in [0.05, 0.1) is 0 Å². The van der Waals surface area contributed by atoms with Crippen LogP contribution in [0.1, 0.15) is 0 Å². The average molecular weight is 251 g/mol. The molecule has 0 saturated carbocycles. The minimum atomic E-state index is 0.323. The number of hydrogen-bond donors (Lipinski definition) is 0. The summed E-state index contributed by atoms with van der Waals surface area (Å²) >= 11 is 3.51. The number of halogens is 1. The summed E-state index contributed by atoms with van der Waals surface area (Å²) < 4.78 is 11.7. The average Bonchev–Trinajstić information content (AvgIpc) is 2.62. The first-order valence-electron chi connectivity index (χ1n) is 4.32. The van der Waals surface area contributed by atoms with Crippen LogP contribution in [-0.2, 0) is 0 Å². The van der Waals surface area contributed by atoms with E-state index in [2.05, 4.69) is 22.0 Å². The fraction of sp³-hybridized carbons (Fsp3) is 0.0909. The zero-order valence-corrected chi connectivity index (χ0v) is 8.87. The summed E-state index contributed by atoms with van der Waals surface area (Å²) in [5.41, 5.74) is 0. The molecule has 0 atom stereocenters. The molecule has 0 bridgehead atoms. The molecule has 3 heteroatoms. The number of ether oxygens (including phenoxy) is 2. The Bertz CT molecular complexity index is 508. The quantitative estimate of drug-likeness (QED) is 0.714. The van der Waals surface area contributed by atoms with Crippen LogP contribution in [-0.4, -0.2) is 6.79 Å². The highest BCUT2D eigenvalue weighted by molar-refractivity contribution is 9.10. The van der Waals surface area contributed by atoms with Gasteiger partial charge in [0.2, 0.25) is 6.79 Å². The molecule has 3 rings (SSSR count). The highest BCUT2D eigenvalue weighted by atomic mass is 79.9. The molecule has 0 N–H and O–H groups in total. The van der Waals surface area contributed by atoms with Crippen molar-refractivity contribution in [3.8, 4) is 11.5 Å². The van der Waals surface area contributed by atoms with Gasteiger partial charge in [-0.1, -0.05) is 28.1 Å². The molecule has 0 aromatic heterocycles. The van der Waals surface area contributed by atoms with E-state index in [9.17, 15) is 0 Å². The molecule has 1 aliphatic heterocycles. The van der Waals surface area contributed by atoms with E-state index in [0.29, 0.717) is 6.79 Å². The van der Waals surface area contributed by atoms with E-state index in [4.69, 9.17) is 9.47 Å². The molecule has 2 aromatic rings. The lowest BCUT2D eigenvalue weighted by atomic mass is 10.1. The van der Waals surface area contributed by atoms with Crippen molar-refractivity contribution in [1.29, 1.82) is 0 Å². The Balaban J connectivity index is 2.39. The van der Waals surface area contributed by atoms with Crippen LogP contribution in [0.3, 0.4) is 0 Å². The van der Waals surface area contributed by atoms with Gasteiger partial charge in [0, 0.05) is 4.47 Å². The lowest BCUT2D eigenvalue weighted by Crippen LogP contribution is -1.92. The van der Waals surface area contributed by atoms with Gasteiger partial charge in [-0.25, -0.2) is 0 Å². The summed E-state index contributed by atoms with van der Waals surface area (Å²) in [6.45, 7) is 0.323. The summed E-state index contributed by atoms with van der Waals surface area (Å²) in [5, 5.41) is 2.31. The van der Waals surface area contributed by atoms with Crippen molar-refractivity contribution >= 4 is 26.7 Å². The fourth-order valence-corrected chi connectivity index (χ4v) is 2.12. The van der Waals surface area contributed by atoms with Crippen molar-refractivity contribution in [2.75, 3.05) is 6.79 Å². The van der Waals surface area contributed by atoms with Gasteiger partial charge in [0.25, 0.3) is 0 Å². The number of hydrogen-bond acceptors (Lipinski definition) is 2. The van der Waals surface area contributed by atoms with Crippen molar-refractivity contribution in [3.05, 3.63) is 34.8 Å². The van der Waals surface area contributed by atoms with Crippen LogP contribution in [0.2, 0.25) is 0 Å². The van der Waals surface area contributed by atoms with E-state index in [0.717, 1.165) is 26.7 Å². The predicted molar refractivity (Wildman–Crippen MR) is 57.8 cm³/mol. The van der Waals surface area contributed by atoms with E-state index in [-0.39, 0.29) is 0 Å². The Morgan fingerprint density at radius 3 is 2.71 bits per heavy atom. The van der Waals surface area contributed by atoms with Crippen LogP contribution in [0.15, 0.2) is 34.8 Å². The maximum Gasteiger partial charge on any atom is 0.231 e. The van der Waals surface area contributed by atoms with E-state index < -0.39 is 0 Å². The second-order valence-electron chi connectivity index (χ2n) is 3.17. The molecule has 2 nitrogen and oxygen atoms in total. The minimum absolute atomic E-state index is 0.323. The third kappa shape index (κ3) is 1.09. The molecule has 70 valence electrons. The standard InChI is InChI=1S/C11H7BrO2/c12-9-3-1-2-7-4-10-11(5-8(7)9)14-6-13-10/h1-5H,6H2. The summed E-state index contributed by atoms with van der Waals surface area (Å²) in [4.78, 5) is 0. The highest BCUT2D eigenvalue weighted by Crippen LogP contribution is 2.38. The predicted octanol–water partition coefficient (Wildman–Crippen LogP) is 3.33. The first-order valence-corrected chi connectivity index (χ1v) is 5.12. The summed E-state index contributed by atoms with van der Waals surface area (Å²) in [5.74, 6) is 1.65. The van der Waals surface area contributed by atoms with E-state index in [1.165, 1.54) is 0 Å². The Labute approximate surface area is 89.6 Å². The monoisotopic (exact) mass is 250 g/mol. The Morgan fingerprint density at radius 2 is 1.86 bits per heavy atom. The second-order valence-corrected chi connectivity index (χ2v) is 4.02. The molecule has 0 fully saturated rings. The second kappa shape index (κ2) is 2.89. The minimum Gasteiger partial charge on any atom is -0.454 e. The van der Waals surface area contributed by atoms with E-state index in [1.54, 1.807) is 0 Å². The lowest BCUT2D eigenvalue weighted by molar-refractivity contribution is 0.174. The molecular weight excluding hydrogens is 244 g/mol. The molecule has 1 aliphatic rings. The maximum absolute atomic E-state index is 5.32. The molecule has 1 heterocycles. The van der Waals surface area contributed by atoms with Crippen molar-refractivity contribution in [2.45, 2.75) is 0 Å². The zero-order chi connectivity index (χ0) is 9.54. The van der Waals surface area contributed by atoms with Crippen molar-refractivity contribution in [3.63, 3.8) is 0 Å². The lowest BCUT2D eigenvalue weighted by Gasteiger charge is -2.02. The first-order chi connectivity index (χ1) is 6.84. The zero-order valence-electron chi connectivity index (χ0n) is 7.29. The van der Waals surface area contributed by atoms with Gasteiger partial charge in [-0.2, -0.15) is 0 Å². The van der Waals surface area contributed by atoms with Gasteiger partial charge in [0.15, 0.2) is 11.5 Å². The number of fused-ring (bicyclic) bond motifs is 2. The molecule has 14 heavy (non-hydrogen) atoms. The molecule has 0 unspecified atom stereocenters. The van der Waals surface area contributed by atoms with Gasteiger partial charge >= 0.3 is 0 Å². The van der Waals surface area contributed by atoms with Crippen molar-refractivity contribution in [2.24, 2.45) is 0 Å². The van der Waals surface area contributed by atoms with Gasteiger partial charge in [-0.05, 0) is 29.0 Å². The molecule has 0 saturated heterocycles. The third-order valence-corrected chi connectivity index (χ3v) is 3.01. The highest BCUT2D eigenvalue weighted by Gasteiger charge is 2.14. The number of rotatable bonds is 0. The fourth-order valence-electron chi connectivity index (χ4n) is 1.63. The van der Waals surface area contributed by atoms with Crippen LogP contribution in [0.5, 0.6) is 11.5 Å². The maximum atomic E-state index is 5.32. The first kappa shape index (κ1) is 8.12. The van der Waals surface area contributed by atoms with Crippen LogP contribution in [0.25, 0.3) is 10.8 Å². The van der Waals surface area contributed by atoms with Crippen molar-refractivity contribution in [1.82, 2.24) is 0 Å². The van der Waals surface area contributed by atoms with Crippen LogP contribution >= 0.6 is 15.9 Å². The SMILES string of the molecule is Brc1cccc2cc3c(cc12)OCO3. The molecule has 0 amide bonds. The van der Waals surface area contributed by atoms with Crippen LogP contribution in [0.4, 0.5) is 0 Å². The molecule has 2 aromatic carbocycles. The van der Waals surface area contributed by atoms with Crippen molar-refractivity contribution < 1.29 is 9.47 Å². The summed E-state index contributed by atoms with van der Waals surface area (Å²) in [6.07, 6.45) is 0. The smallest absolute Gasteiger partial charge is 0.231 e. The Hall–Kier alpha value is -1.22. The Morgan fingerprint density at radius 1 is 1.07 bits per heavy atom. The van der Waals surface area contributed by atoms with Crippen LogP contribution < -0.4 is 9.47 Å². The van der Waals surface area contributed by atoms with Gasteiger partial charge in [0.1, 0.15) is 0 Å². The molecule has 0 spiro atoms. The molecular formula is C11H7BrO2. The topological polar surface area (TPSA) is 18.5 Å². The molecule has 0 aliphatic carbocycles. The van der Waals surface area contributed by atoms with Crippen LogP contribution in [0, 0.1) is 0 Å². The Kier molecular flexibility index (Phi) is 1.67. The largest absolute Gasteiger partial charge is 0.454 e. The van der Waals surface area contributed by atoms with E-state index in [1.807, 2.05) is 24.3 Å². The number of benzene rings is 2.